The minimum absolute atomic E-state index is 0.158. The van der Waals surface area contributed by atoms with Gasteiger partial charge < -0.3 is 19.0 Å². The number of nitrogens with one attached hydrogen (secondary N) is 1. The molecule has 4 rings (SSSR count). The first kappa shape index (κ1) is 22.6. The van der Waals surface area contributed by atoms with Gasteiger partial charge in [-0.15, -0.1) is 21.5 Å². The van der Waals surface area contributed by atoms with Crippen LogP contribution in [0.2, 0.25) is 0 Å². The number of rotatable bonds is 7. The summed E-state index contributed by atoms with van der Waals surface area (Å²) in [4.78, 5) is 26.4. The Morgan fingerprint density at radius 1 is 1.28 bits per heavy atom. The van der Waals surface area contributed by atoms with Crippen LogP contribution in [0.25, 0.3) is 11.4 Å². The van der Waals surface area contributed by atoms with Crippen molar-refractivity contribution in [3.63, 3.8) is 0 Å². The van der Waals surface area contributed by atoms with Crippen LogP contribution < -0.4 is 5.32 Å². The van der Waals surface area contributed by atoms with Crippen molar-refractivity contribution in [3.05, 3.63) is 34.1 Å². The van der Waals surface area contributed by atoms with E-state index in [0.717, 1.165) is 54.8 Å². The van der Waals surface area contributed by atoms with E-state index in [4.69, 9.17) is 9.15 Å². The van der Waals surface area contributed by atoms with Crippen molar-refractivity contribution < 1.29 is 18.7 Å². The van der Waals surface area contributed by atoms with Gasteiger partial charge >= 0.3 is 5.97 Å². The second-order valence-electron chi connectivity index (χ2n) is 7.54. The number of aryl methyl sites for hydroxylation is 2. The molecule has 0 bridgehead atoms. The number of furan rings is 1. The summed E-state index contributed by atoms with van der Waals surface area (Å²) in [6.07, 6.45) is 6.70. The first-order valence-corrected chi connectivity index (χ1v) is 12.5. The summed E-state index contributed by atoms with van der Waals surface area (Å²) < 4.78 is 12.4. The van der Waals surface area contributed by atoms with Crippen molar-refractivity contribution in [2.45, 2.75) is 57.7 Å². The Hall–Kier alpha value is -2.59. The molecule has 1 N–H and O–H groups in total. The van der Waals surface area contributed by atoms with E-state index in [2.05, 4.69) is 15.5 Å². The molecule has 3 aromatic rings. The van der Waals surface area contributed by atoms with Gasteiger partial charge in [0.1, 0.15) is 10.8 Å². The summed E-state index contributed by atoms with van der Waals surface area (Å²) in [7, 11) is 1.38. The number of anilines is 1. The summed E-state index contributed by atoms with van der Waals surface area (Å²) in [5.74, 6) is 1.07. The fourth-order valence-electron chi connectivity index (χ4n) is 3.94. The lowest BCUT2D eigenvalue weighted by atomic mass is 10.1. The van der Waals surface area contributed by atoms with Gasteiger partial charge in [-0.2, -0.15) is 0 Å². The molecule has 1 amide bonds. The first-order valence-electron chi connectivity index (χ1n) is 10.7. The minimum Gasteiger partial charge on any atom is -0.469 e. The van der Waals surface area contributed by atoms with Crippen molar-refractivity contribution in [2.75, 3.05) is 18.2 Å². The second kappa shape index (κ2) is 9.91. The molecule has 32 heavy (non-hydrogen) atoms. The predicted molar refractivity (Wildman–Crippen MR) is 124 cm³/mol. The van der Waals surface area contributed by atoms with Crippen molar-refractivity contribution in [2.24, 2.45) is 0 Å². The average molecular weight is 475 g/mol. The molecule has 0 radical (unpaired) electrons. The molecule has 0 aliphatic heterocycles. The first-order chi connectivity index (χ1) is 15.5. The van der Waals surface area contributed by atoms with Gasteiger partial charge in [-0.3, -0.25) is 4.79 Å². The quantitative estimate of drug-likeness (QED) is 0.301. The number of nitrogens with zero attached hydrogens (tertiary/aromatic N) is 3. The number of esters is 1. The SMILES string of the molecule is CCn1c(SCC(=O)Nc2sc3c(c2C(=O)OC)CCCCC3)nnc1-c1ccoc1C. The molecule has 1 aliphatic rings. The fourth-order valence-corrected chi connectivity index (χ4v) is 6.03. The summed E-state index contributed by atoms with van der Waals surface area (Å²) in [5.41, 5.74) is 2.44. The largest absolute Gasteiger partial charge is 0.469 e. The maximum atomic E-state index is 12.8. The Morgan fingerprint density at radius 3 is 2.81 bits per heavy atom. The normalized spacial score (nSPS) is 13.5. The number of ether oxygens (including phenoxy) is 1. The standard InChI is InChI=1S/C22H26N4O4S2/c1-4-26-19(14-10-11-30-13(14)2)24-25-22(26)31-12-17(27)23-20-18(21(28)29-3)15-8-6-5-7-9-16(15)32-20/h10-11H,4-9,12H2,1-3H3,(H,23,27). The highest BCUT2D eigenvalue weighted by Crippen LogP contribution is 2.38. The molecule has 170 valence electrons. The molecule has 3 heterocycles. The van der Waals surface area contributed by atoms with Crippen LogP contribution in [0.4, 0.5) is 5.00 Å². The van der Waals surface area contributed by atoms with Gasteiger partial charge in [0.15, 0.2) is 11.0 Å². The Morgan fingerprint density at radius 2 is 2.09 bits per heavy atom. The van der Waals surface area contributed by atoms with Crippen molar-refractivity contribution in [3.8, 4) is 11.4 Å². The number of thiophene rings is 1. The molecule has 8 nitrogen and oxygen atoms in total. The van der Waals surface area contributed by atoms with E-state index in [9.17, 15) is 9.59 Å². The fraction of sp³-hybridized carbons (Fsp3) is 0.455. The molecule has 3 aromatic heterocycles. The van der Waals surface area contributed by atoms with Crippen LogP contribution in [0.3, 0.4) is 0 Å². The molecule has 0 unspecified atom stereocenters. The summed E-state index contributed by atoms with van der Waals surface area (Å²) >= 11 is 2.81. The Labute approximate surface area is 194 Å². The Balaban J connectivity index is 1.49. The van der Waals surface area contributed by atoms with Gasteiger partial charge in [-0.25, -0.2) is 4.79 Å². The number of amides is 1. The maximum absolute atomic E-state index is 12.8. The third kappa shape index (κ3) is 4.47. The van der Waals surface area contributed by atoms with Crippen LogP contribution in [0.15, 0.2) is 21.9 Å². The van der Waals surface area contributed by atoms with E-state index in [1.54, 1.807) is 6.26 Å². The zero-order valence-corrected chi connectivity index (χ0v) is 20.0. The number of fused-ring (bicyclic) bond motifs is 1. The lowest BCUT2D eigenvalue weighted by Gasteiger charge is -2.08. The molecule has 1 aliphatic carbocycles. The van der Waals surface area contributed by atoms with Crippen LogP contribution in [-0.2, 0) is 28.9 Å². The molecule has 0 fully saturated rings. The minimum atomic E-state index is -0.391. The maximum Gasteiger partial charge on any atom is 0.341 e. The van der Waals surface area contributed by atoms with Crippen LogP contribution in [0.1, 0.15) is 52.7 Å². The zero-order valence-electron chi connectivity index (χ0n) is 18.4. The third-order valence-corrected chi connectivity index (χ3v) is 7.70. The number of aromatic nitrogens is 3. The van der Waals surface area contributed by atoms with E-state index in [-0.39, 0.29) is 11.7 Å². The smallest absolute Gasteiger partial charge is 0.341 e. The monoisotopic (exact) mass is 474 g/mol. The molecular weight excluding hydrogens is 448 g/mol. The molecule has 0 atom stereocenters. The lowest BCUT2D eigenvalue weighted by Crippen LogP contribution is -2.16. The molecular formula is C22H26N4O4S2. The number of hydrogen-bond acceptors (Lipinski definition) is 8. The van der Waals surface area contributed by atoms with Gasteiger partial charge in [-0.05, 0) is 51.2 Å². The topological polar surface area (TPSA) is 99.2 Å². The highest BCUT2D eigenvalue weighted by molar-refractivity contribution is 7.99. The molecule has 10 heteroatoms. The Bertz CT molecular complexity index is 1130. The van der Waals surface area contributed by atoms with Crippen molar-refractivity contribution in [1.29, 1.82) is 0 Å². The van der Waals surface area contributed by atoms with E-state index in [0.29, 0.717) is 22.3 Å². The van der Waals surface area contributed by atoms with Gasteiger partial charge in [0.25, 0.3) is 0 Å². The van der Waals surface area contributed by atoms with E-state index in [1.165, 1.54) is 35.1 Å². The summed E-state index contributed by atoms with van der Waals surface area (Å²) in [6, 6.07) is 1.86. The van der Waals surface area contributed by atoms with Crippen LogP contribution >= 0.6 is 23.1 Å². The summed E-state index contributed by atoms with van der Waals surface area (Å²) in [6.45, 7) is 4.56. The third-order valence-electron chi connectivity index (χ3n) is 5.53. The highest BCUT2D eigenvalue weighted by Gasteiger charge is 2.26. The molecule has 0 saturated heterocycles. The van der Waals surface area contributed by atoms with Crippen molar-refractivity contribution >= 4 is 40.0 Å². The zero-order chi connectivity index (χ0) is 22.7. The van der Waals surface area contributed by atoms with Gasteiger partial charge in [0.05, 0.1) is 30.3 Å². The molecule has 0 spiro atoms. The molecule has 0 saturated carbocycles. The van der Waals surface area contributed by atoms with Gasteiger partial charge in [-0.1, -0.05) is 18.2 Å². The molecule has 0 aromatic carbocycles. The number of methoxy groups -OCH3 is 1. The average Bonchev–Trinajstić information content (AvgIpc) is 3.43. The van der Waals surface area contributed by atoms with Crippen LogP contribution in [0, 0.1) is 6.92 Å². The predicted octanol–water partition coefficient (Wildman–Crippen LogP) is 4.71. The number of hydrogen-bond donors (Lipinski definition) is 1. The number of carbonyl (C=O) groups excluding carboxylic acids is 2. The number of thioether (sulfide) groups is 1. The van der Waals surface area contributed by atoms with E-state index in [1.807, 2.05) is 24.5 Å². The van der Waals surface area contributed by atoms with Crippen LogP contribution in [-0.4, -0.2) is 39.5 Å². The van der Waals surface area contributed by atoms with E-state index >= 15 is 0 Å². The van der Waals surface area contributed by atoms with Gasteiger partial charge in [0, 0.05) is 11.4 Å². The van der Waals surface area contributed by atoms with Crippen molar-refractivity contribution in [1.82, 2.24) is 14.8 Å². The van der Waals surface area contributed by atoms with E-state index < -0.39 is 5.97 Å². The highest BCUT2D eigenvalue weighted by atomic mass is 32.2. The van der Waals surface area contributed by atoms with Crippen LogP contribution in [0.5, 0.6) is 0 Å². The second-order valence-corrected chi connectivity index (χ2v) is 9.59. The number of carbonyl (C=O) groups is 2. The summed E-state index contributed by atoms with van der Waals surface area (Å²) in [5, 5.41) is 12.7. The lowest BCUT2D eigenvalue weighted by molar-refractivity contribution is -0.113. The van der Waals surface area contributed by atoms with Gasteiger partial charge in [0.2, 0.25) is 5.91 Å². The Kier molecular flexibility index (Phi) is 7.00.